The highest BCUT2D eigenvalue weighted by Crippen LogP contribution is 2.12. The second-order valence-corrected chi connectivity index (χ2v) is 6.46. The number of nitrogens with one attached hydrogen (secondary N) is 4. The highest BCUT2D eigenvalue weighted by atomic mass is 16.2. The van der Waals surface area contributed by atoms with Crippen molar-refractivity contribution in [1.29, 1.82) is 0 Å². The van der Waals surface area contributed by atoms with Gasteiger partial charge in [0.05, 0.1) is 5.69 Å². The molecule has 2 aromatic heterocycles. The van der Waals surface area contributed by atoms with Gasteiger partial charge in [-0.15, -0.1) is 0 Å². The first-order valence-electron chi connectivity index (χ1n) is 8.53. The van der Waals surface area contributed by atoms with Gasteiger partial charge in [0.15, 0.2) is 5.82 Å². The molecule has 0 radical (unpaired) electrons. The van der Waals surface area contributed by atoms with Crippen LogP contribution in [0.2, 0.25) is 0 Å². The topological polar surface area (TPSA) is 111 Å². The molecule has 0 aliphatic rings. The Bertz CT molecular complexity index is 866. The number of aryl methyl sites for hydroxylation is 2. The van der Waals surface area contributed by atoms with Gasteiger partial charge in [-0.1, -0.05) is 12.1 Å². The van der Waals surface area contributed by atoms with Crippen molar-refractivity contribution >= 4 is 11.7 Å². The molecule has 8 heteroatoms. The molecule has 0 saturated carbocycles. The van der Waals surface area contributed by atoms with Gasteiger partial charge in [-0.25, -0.2) is 9.78 Å². The van der Waals surface area contributed by atoms with Gasteiger partial charge in [0.2, 0.25) is 0 Å². The van der Waals surface area contributed by atoms with Gasteiger partial charge in [-0.2, -0.15) is 10.2 Å². The number of urea groups is 1. The van der Waals surface area contributed by atoms with E-state index in [1.54, 1.807) is 0 Å². The number of hydrogen-bond acceptors (Lipinski definition) is 4. The van der Waals surface area contributed by atoms with Crippen LogP contribution in [0.15, 0.2) is 30.3 Å². The van der Waals surface area contributed by atoms with E-state index in [1.807, 2.05) is 51.1 Å². The number of H-pyrrole nitrogens is 2. The number of amides is 2. The molecule has 0 spiro atoms. The van der Waals surface area contributed by atoms with Crippen molar-refractivity contribution in [3.63, 3.8) is 0 Å². The van der Waals surface area contributed by atoms with E-state index in [9.17, 15) is 4.79 Å². The van der Waals surface area contributed by atoms with E-state index in [1.165, 1.54) is 0 Å². The number of benzene rings is 1. The zero-order valence-electron chi connectivity index (χ0n) is 15.1. The van der Waals surface area contributed by atoms with Crippen molar-refractivity contribution in [1.82, 2.24) is 30.7 Å². The summed E-state index contributed by atoms with van der Waals surface area (Å²) in [6, 6.07) is 9.37. The zero-order chi connectivity index (χ0) is 18.5. The maximum atomic E-state index is 12.1. The SMILES string of the molecule is Cc1cc(CC(C)NC(=O)Nc2ccc(Cc3n[nH]c(C)n3)cc2)n[nH]1. The lowest BCUT2D eigenvalue weighted by molar-refractivity contribution is 0.249. The predicted octanol–water partition coefficient (Wildman–Crippen LogP) is 2.49. The number of rotatable bonds is 6. The average Bonchev–Trinajstić information content (AvgIpc) is 3.17. The molecular weight excluding hydrogens is 330 g/mol. The van der Waals surface area contributed by atoms with Crippen molar-refractivity contribution in [2.75, 3.05) is 5.32 Å². The fourth-order valence-corrected chi connectivity index (χ4v) is 2.69. The predicted molar refractivity (Wildman–Crippen MR) is 99.0 cm³/mol. The minimum absolute atomic E-state index is 0.0223. The van der Waals surface area contributed by atoms with Gasteiger partial charge >= 0.3 is 6.03 Å². The Labute approximate surface area is 151 Å². The summed E-state index contributed by atoms with van der Waals surface area (Å²) in [7, 11) is 0. The summed E-state index contributed by atoms with van der Waals surface area (Å²) in [5, 5.41) is 19.8. The second kappa shape index (κ2) is 7.81. The lowest BCUT2D eigenvalue weighted by atomic mass is 10.1. The van der Waals surface area contributed by atoms with E-state index < -0.39 is 0 Å². The molecule has 26 heavy (non-hydrogen) atoms. The Kier molecular flexibility index (Phi) is 5.31. The Hall–Kier alpha value is -3.16. The van der Waals surface area contributed by atoms with E-state index in [2.05, 4.69) is 36.0 Å². The van der Waals surface area contributed by atoms with Gasteiger partial charge in [-0.05, 0) is 44.5 Å². The van der Waals surface area contributed by atoms with Crippen LogP contribution in [-0.4, -0.2) is 37.5 Å². The van der Waals surface area contributed by atoms with Crippen LogP contribution >= 0.6 is 0 Å². The van der Waals surface area contributed by atoms with Gasteiger partial charge in [-0.3, -0.25) is 10.2 Å². The summed E-state index contributed by atoms with van der Waals surface area (Å²) in [6.45, 7) is 5.77. The molecule has 3 aromatic rings. The third-order valence-electron chi connectivity index (χ3n) is 3.87. The highest BCUT2D eigenvalue weighted by molar-refractivity contribution is 5.89. The Balaban J connectivity index is 1.49. The molecule has 2 heterocycles. The van der Waals surface area contributed by atoms with Gasteiger partial charge < -0.3 is 10.6 Å². The molecule has 4 N–H and O–H groups in total. The number of carbonyl (C=O) groups is 1. The standard InChI is InChI=1S/C18H23N7O/c1-11(8-16-9-12(2)22-24-16)19-18(26)21-15-6-4-14(5-7-15)10-17-20-13(3)23-25-17/h4-7,9,11H,8,10H2,1-3H3,(H,22,24)(H2,19,21,26)(H,20,23,25). The molecule has 0 bridgehead atoms. The summed E-state index contributed by atoms with van der Waals surface area (Å²) in [5.41, 5.74) is 3.76. The van der Waals surface area contributed by atoms with Gasteiger partial charge in [0, 0.05) is 30.3 Å². The average molecular weight is 353 g/mol. The van der Waals surface area contributed by atoms with Crippen molar-refractivity contribution in [3.8, 4) is 0 Å². The molecule has 8 nitrogen and oxygen atoms in total. The van der Waals surface area contributed by atoms with Crippen LogP contribution in [0.25, 0.3) is 0 Å². The first kappa shape index (κ1) is 17.7. The quantitative estimate of drug-likeness (QED) is 0.545. The molecule has 0 aliphatic heterocycles. The van der Waals surface area contributed by atoms with Crippen LogP contribution in [0.5, 0.6) is 0 Å². The molecule has 3 rings (SSSR count). The fourth-order valence-electron chi connectivity index (χ4n) is 2.69. The third-order valence-corrected chi connectivity index (χ3v) is 3.87. The number of nitrogens with zero attached hydrogens (tertiary/aromatic N) is 3. The van der Waals surface area contributed by atoms with Crippen LogP contribution in [-0.2, 0) is 12.8 Å². The lowest BCUT2D eigenvalue weighted by Crippen LogP contribution is -2.37. The highest BCUT2D eigenvalue weighted by Gasteiger charge is 2.10. The molecule has 0 fully saturated rings. The summed E-state index contributed by atoms with van der Waals surface area (Å²) in [5.74, 6) is 1.55. The third kappa shape index (κ3) is 4.92. The number of anilines is 1. The molecule has 2 amide bonds. The number of aromatic nitrogens is 5. The monoisotopic (exact) mass is 353 g/mol. The van der Waals surface area contributed by atoms with E-state index in [-0.39, 0.29) is 12.1 Å². The minimum Gasteiger partial charge on any atom is -0.335 e. The van der Waals surface area contributed by atoms with E-state index in [0.717, 1.165) is 34.3 Å². The summed E-state index contributed by atoms with van der Waals surface area (Å²) >= 11 is 0. The zero-order valence-corrected chi connectivity index (χ0v) is 15.1. The second-order valence-electron chi connectivity index (χ2n) is 6.46. The molecule has 1 unspecified atom stereocenters. The van der Waals surface area contributed by atoms with Crippen molar-refractivity contribution < 1.29 is 4.79 Å². The largest absolute Gasteiger partial charge is 0.335 e. The summed E-state index contributed by atoms with van der Waals surface area (Å²) < 4.78 is 0. The lowest BCUT2D eigenvalue weighted by Gasteiger charge is -2.13. The van der Waals surface area contributed by atoms with Crippen LogP contribution in [0.3, 0.4) is 0 Å². The molecule has 1 aromatic carbocycles. The minimum atomic E-state index is -0.234. The van der Waals surface area contributed by atoms with Crippen molar-refractivity contribution in [2.24, 2.45) is 0 Å². The maximum absolute atomic E-state index is 12.1. The molecule has 136 valence electrons. The van der Waals surface area contributed by atoms with Crippen LogP contribution in [0.4, 0.5) is 10.5 Å². The summed E-state index contributed by atoms with van der Waals surface area (Å²) in [4.78, 5) is 16.4. The van der Waals surface area contributed by atoms with E-state index in [0.29, 0.717) is 12.8 Å². The first-order valence-corrected chi connectivity index (χ1v) is 8.53. The van der Waals surface area contributed by atoms with Crippen molar-refractivity contribution in [3.05, 3.63) is 58.9 Å². The Morgan fingerprint density at radius 2 is 1.92 bits per heavy atom. The van der Waals surface area contributed by atoms with E-state index >= 15 is 0 Å². The van der Waals surface area contributed by atoms with Crippen LogP contribution in [0.1, 0.15) is 35.5 Å². The molecule has 0 aliphatic carbocycles. The molecular formula is C18H23N7O. The maximum Gasteiger partial charge on any atom is 0.319 e. The molecule has 0 saturated heterocycles. The van der Waals surface area contributed by atoms with Crippen LogP contribution in [0, 0.1) is 13.8 Å². The van der Waals surface area contributed by atoms with Crippen LogP contribution < -0.4 is 10.6 Å². The van der Waals surface area contributed by atoms with Gasteiger partial charge in [0.25, 0.3) is 0 Å². The normalized spacial score (nSPS) is 12.0. The molecule has 1 atom stereocenters. The van der Waals surface area contributed by atoms with E-state index in [4.69, 9.17) is 0 Å². The smallest absolute Gasteiger partial charge is 0.319 e. The Morgan fingerprint density at radius 1 is 1.15 bits per heavy atom. The van der Waals surface area contributed by atoms with Gasteiger partial charge in [0.1, 0.15) is 5.82 Å². The number of hydrogen-bond donors (Lipinski definition) is 4. The van der Waals surface area contributed by atoms with Crippen molar-refractivity contribution in [2.45, 2.75) is 39.7 Å². The number of carbonyl (C=O) groups excluding carboxylic acids is 1. The number of aromatic amines is 2. The fraction of sp³-hybridized carbons (Fsp3) is 0.333. The Morgan fingerprint density at radius 3 is 2.54 bits per heavy atom. The summed E-state index contributed by atoms with van der Waals surface area (Å²) in [6.07, 6.45) is 1.32. The first-order chi connectivity index (χ1) is 12.5.